The Kier molecular flexibility index (Phi) is 7.96. The minimum atomic E-state index is 0.734. The van der Waals surface area contributed by atoms with Crippen molar-refractivity contribution in [2.24, 2.45) is 40.9 Å². The molecule has 0 heteroatoms. The Morgan fingerprint density at radius 2 is 1.05 bits per heavy atom. The highest BCUT2D eigenvalue weighted by molar-refractivity contribution is 4.99. The highest BCUT2D eigenvalue weighted by Gasteiger charge is 2.49. The van der Waals surface area contributed by atoms with Crippen molar-refractivity contribution in [3.63, 3.8) is 0 Å². The summed E-state index contributed by atoms with van der Waals surface area (Å²) >= 11 is 0. The number of rotatable bonds is 0. The van der Waals surface area contributed by atoms with Crippen LogP contribution >= 0.6 is 0 Å². The van der Waals surface area contributed by atoms with Crippen LogP contribution in [0, 0.1) is 40.9 Å². The first-order chi connectivity index (χ1) is 10.5. The smallest absolute Gasteiger partial charge is 0.0297 e. The summed E-state index contributed by atoms with van der Waals surface area (Å²) in [6.45, 7) is 17.8. The van der Waals surface area contributed by atoms with Gasteiger partial charge >= 0.3 is 0 Å². The van der Waals surface area contributed by atoms with Crippen LogP contribution in [0.25, 0.3) is 0 Å². The molecule has 0 N–H and O–H groups in total. The van der Waals surface area contributed by atoms with Crippen LogP contribution in [0.5, 0.6) is 0 Å². The zero-order valence-electron chi connectivity index (χ0n) is 16.9. The summed E-state index contributed by atoms with van der Waals surface area (Å²) in [6, 6.07) is 0. The highest BCUT2D eigenvalue weighted by atomic mass is 14.5. The van der Waals surface area contributed by atoms with Gasteiger partial charge in [0.25, 0.3) is 0 Å². The predicted molar refractivity (Wildman–Crippen MR) is 101 cm³/mol. The molecule has 0 aromatic rings. The normalized spacial score (nSPS) is 42.5. The summed E-state index contributed by atoms with van der Waals surface area (Å²) in [5.41, 5.74) is 0.734. The second-order valence-corrected chi connectivity index (χ2v) is 8.43. The molecule has 0 amide bonds. The summed E-state index contributed by atoms with van der Waals surface area (Å²) in [4.78, 5) is 0. The van der Waals surface area contributed by atoms with Crippen LogP contribution in [0.3, 0.4) is 0 Å². The van der Waals surface area contributed by atoms with Crippen LogP contribution in [0.1, 0.15) is 100 Å². The van der Waals surface area contributed by atoms with Gasteiger partial charge in [-0.1, -0.05) is 61.8 Å². The van der Waals surface area contributed by atoms with E-state index in [1.807, 2.05) is 27.7 Å². The first-order valence-electron chi connectivity index (χ1n) is 10.5. The maximum Gasteiger partial charge on any atom is -0.0297 e. The molecule has 0 radical (unpaired) electrons. The second kappa shape index (κ2) is 8.74. The third-order valence-corrected chi connectivity index (χ3v) is 7.61. The molecule has 5 fully saturated rings. The largest absolute Gasteiger partial charge is 0.0683 e. The molecule has 5 rings (SSSR count). The Morgan fingerprint density at radius 3 is 1.23 bits per heavy atom. The fourth-order valence-corrected chi connectivity index (χ4v) is 5.58. The van der Waals surface area contributed by atoms with E-state index in [0.717, 1.165) is 40.9 Å². The molecule has 6 atom stereocenters. The van der Waals surface area contributed by atoms with Crippen LogP contribution in [0.15, 0.2) is 0 Å². The lowest BCUT2D eigenvalue weighted by molar-refractivity contribution is -0.0646. The zero-order valence-corrected chi connectivity index (χ0v) is 16.9. The van der Waals surface area contributed by atoms with Gasteiger partial charge in [-0.25, -0.2) is 0 Å². The van der Waals surface area contributed by atoms with Gasteiger partial charge in [-0.2, -0.15) is 0 Å². The lowest BCUT2D eigenvalue weighted by Gasteiger charge is -2.56. The van der Waals surface area contributed by atoms with Gasteiger partial charge in [-0.15, -0.1) is 0 Å². The van der Waals surface area contributed by atoms with Crippen molar-refractivity contribution in [2.45, 2.75) is 100 Å². The maximum absolute atomic E-state index is 2.45. The van der Waals surface area contributed by atoms with Gasteiger partial charge in [0.1, 0.15) is 0 Å². The lowest BCUT2D eigenvalue weighted by Crippen LogP contribution is -2.47. The van der Waals surface area contributed by atoms with Crippen molar-refractivity contribution in [3.8, 4) is 0 Å². The molecule has 6 unspecified atom stereocenters. The monoisotopic (exact) mass is 308 g/mol. The average Bonchev–Trinajstić information content (AvgIpc) is 3.16. The van der Waals surface area contributed by atoms with Crippen LogP contribution < -0.4 is 0 Å². The number of hydrogen-bond donors (Lipinski definition) is 0. The third-order valence-electron chi connectivity index (χ3n) is 7.61. The van der Waals surface area contributed by atoms with Gasteiger partial charge in [0.15, 0.2) is 0 Å². The SMILES string of the molecule is CC.CC.CC1(C)C2CCCC1C2.CC1C2CCC(C2)C1C. The molecule has 0 aromatic carbocycles. The van der Waals surface area contributed by atoms with Crippen LogP contribution in [-0.2, 0) is 0 Å². The molecule has 0 aliphatic heterocycles. The van der Waals surface area contributed by atoms with Gasteiger partial charge in [-0.3, -0.25) is 0 Å². The molecule has 4 bridgehead atoms. The van der Waals surface area contributed by atoms with Gasteiger partial charge in [0.2, 0.25) is 0 Å². The molecule has 0 heterocycles. The highest BCUT2D eigenvalue weighted by Crippen LogP contribution is 2.58. The molecule has 5 saturated carbocycles. The fraction of sp³-hybridized carbons (Fsp3) is 1.00. The van der Waals surface area contributed by atoms with E-state index in [-0.39, 0.29) is 0 Å². The second-order valence-electron chi connectivity index (χ2n) is 8.43. The molecule has 132 valence electrons. The van der Waals surface area contributed by atoms with Crippen molar-refractivity contribution in [2.75, 3.05) is 0 Å². The van der Waals surface area contributed by atoms with E-state index in [2.05, 4.69) is 27.7 Å². The summed E-state index contributed by atoms with van der Waals surface area (Å²) in [7, 11) is 0. The van der Waals surface area contributed by atoms with E-state index in [4.69, 9.17) is 0 Å². The first-order valence-corrected chi connectivity index (χ1v) is 10.5. The van der Waals surface area contributed by atoms with Crippen molar-refractivity contribution in [3.05, 3.63) is 0 Å². The van der Waals surface area contributed by atoms with Crippen molar-refractivity contribution in [1.29, 1.82) is 0 Å². The van der Waals surface area contributed by atoms with Gasteiger partial charge in [-0.05, 0) is 79.4 Å². The summed E-state index contributed by atoms with van der Waals surface area (Å²) < 4.78 is 0. The molecule has 5 aliphatic rings. The van der Waals surface area contributed by atoms with Crippen LogP contribution in [0.4, 0.5) is 0 Å². The molecular weight excluding hydrogens is 264 g/mol. The Balaban J connectivity index is 0.000000180. The Labute approximate surface area is 141 Å². The minimum absolute atomic E-state index is 0.734. The molecule has 22 heavy (non-hydrogen) atoms. The topological polar surface area (TPSA) is 0 Å². The van der Waals surface area contributed by atoms with Gasteiger partial charge in [0, 0.05) is 0 Å². The van der Waals surface area contributed by atoms with Crippen molar-refractivity contribution < 1.29 is 0 Å². The van der Waals surface area contributed by atoms with Gasteiger partial charge in [0.05, 0.1) is 0 Å². The van der Waals surface area contributed by atoms with Crippen LogP contribution in [-0.4, -0.2) is 0 Å². The molecule has 0 saturated heterocycles. The van der Waals surface area contributed by atoms with Gasteiger partial charge < -0.3 is 0 Å². The average molecular weight is 309 g/mol. The van der Waals surface area contributed by atoms with Crippen molar-refractivity contribution >= 4 is 0 Å². The standard InChI is InChI=1S/2C9H16.2C2H6/c1-6-7(2)9-4-3-8(6)5-9;1-9(2)7-4-3-5-8(9)6-7;2*1-2/h6-9H,3-5H2,1-2H3;7-8H,3-6H2,1-2H3;2*1-2H3. The number of hydrogen-bond acceptors (Lipinski definition) is 0. The summed E-state index contributed by atoms with van der Waals surface area (Å²) in [5, 5.41) is 0. The maximum atomic E-state index is 2.45. The third kappa shape index (κ3) is 3.90. The Morgan fingerprint density at radius 1 is 0.636 bits per heavy atom. The van der Waals surface area contributed by atoms with E-state index in [1.54, 1.807) is 12.8 Å². The zero-order chi connectivity index (χ0) is 16.9. The summed E-state index contributed by atoms with van der Waals surface area (Å²) in [6.07, 6.45) is 10.7. The van der Waals surface area contributed by atoms with E-state index in [1.165, 1.54) is 32.1 Å². The quantitative estimate of drug-likeness (QED) is 0.433. The summed E-state index contributed by atoms with van der Waals surface area (Å²) in [5.74, 6) is 6.51. The van der Waals surface area contributed by atoms with E-state index >= 15 is 0 Å². The van der Waals surface area contributed by atoms with Crippen molar-refractivity contribution in [1.82, 2.24) is 0 Å². The van der Waals surface area contributed by atoms with E-state index in [0.29, 0.717) is 0 Å². The molecular formula is C22H44. The molecule has 5 aliphatic carbocycles. The lowest BCUT2D eigenvalue weighted by atomic mass is 9.49. The number of fused-ring (bicyclic) bond motifs is 4. The first kappa shape index (κ1) is 20.0. The molecule has 0 nitrogen and oxygen atoms in total. The predicted octanol–water partition coefficient (Wildman–Crippen LogP) is 7.57. The molecule has 0 aromatic heterocycles. The Hall–Kier alpha value is 0. The van der Waals surface area contributed by atoms with E-state index < -0.39 is 0 Å². The van der Waals surface area contributed by atoms with E-state index in [9.17, 15) is 0 Å². The minimum Gasteiger partial charge on any atom is -0.0683 e. The Bertz CT molecular complexity index is 269. The fourth-order valence-electron chi connectivity index (χ4n) is 5.58. The van der Waals surface area contributed by atoms with Crippen LogP contribution in [0.2, 0.25) is 0 Å². The molecule has 0 spiro atoms.